The molecule has 0 spiro atoms. The molecule has 1 aliphatic heterocycles. The molecule has 0 unspecified atom stereocenters. The molecule has 0 saturated carbocycles. The number of benzene rings is 1. The van der Waals surface area contributed by atoms with Crippen molar-refractivity contribution >= 4 is 41.9 Å². The van der Waals surface area contributed by atoms with Crippen molar-refractivity contribution in [1.29, 1.82) is 0 Å². The van der Waals surface area contributed by atoms with Crippen LogP contribution >= 0.6 is 31.9 Å². The van der Waals surface area contributed by atoms with Gasteiger partial charge < -0.3 is 4.90 Å². The second-order valence-electron chi connectivity index (χ2n) is 4.44. The van der Waals surface area contributed by atoms with Crippen LogP contribution in [-0.4, -0.2) is 45.9 Å². The smallest absolute Gasteiger partial charge is 0.244 e. The van der Waals surface area contributed by atoms with Gasteiger partial charge in [0.05, 0.1) is 38.1 Å². The first-order valence-corrected chi connectivity index (χ1v) is 8.70. The molecule has 100 valence electrons. The Morgan fingerprint density at radius 2 is 1.83 bits per heavy atom. The SMILES string of the molecule is C[NH+]1CCN(S(=O)(=O)c2cc(Br)ccc2Br)CC1. The number of nitrogens with zero attached hydrogens (tertiary/aromatic N) is 1. The lowest BCUT2D eigenvalue weighted by molar-refractivity contribution is -0.883. The molecule has 0 bridgehead atoms. The van der Waals surface area contributed by atoms with E-state index in [4.69, 9.17) is 0 Å². The van der Waals surface area contributed by atoms with Crippen molar-refractivity contribution < 1.29 is 13.3 Å². The van der Waals surface area contributed by atoms with E-state index >= 15 is 0 Å². The number of halogens is 2. The Kier molecular flexibility index (Phi) is 4.48. The molecule has 0 aromatic heterocycles. The molecular formula is C11H15Br2N2O2S+. The highest BCUT2D eigenvalue weighted by molar-refractivity contribution is 9.11. The maximum atomic E-state index is 12.5. The van der Waals surface area contributed by atoms with Crippen molar-refractivity contribution in [1.82, 2.24) is 4.31 Å². The zero-order valence-corrected chi connectivity index (χ0v) is 14.0. The molecule has 1 N–H and O–H groups in total. The molecule has 4 nitrogen and oxygen atoms in total. The van der Waals surface area contributed by atoms with Gasteiger partial charge in [0.1, 0.15) is 0 Å². The lowest BCUT2D eigenvalue weighted by atomic mass is 10.4. The number of quaternary nitrogens is 1. The third-order valence-corrected chi connectivity index (χ3v) is 6.47. The van der Waals surface area contributed by atoms with Gasteiger partial charge in [-0.15, -0.1) is 0 Å². The predicted octanol–water partition coefficient (Wildman–Crippen LogP) is 0.731. The molecule has 18 heavy (non-hydrogen) atoms. The number of sulfonamides is 1. The van der Waals surface area contributed by atoms with Crippen LogP contribution in [0.3, 0.4) is 0 Å². The van der Waals surface area contributed by atoms with Crippen molar-refractivity contribution in [3.05, 3.63) is 27.1 Å². The van der Waals surface area contributed by atoms with Crippen LogP contribution in [0.5, 0.6) is 0 Å². The lowest BCUT2D eigenvalue weighted by Crippen LogP contribution is -3.12. The quantitative estimate of drug-likeness (QED) is 0.797. The fourth-order valence-electron chi connectivity index (χ4n) is 1.92. The number of likely N-dealkylation sites (N-methyl/N-ethyl adjacent to an activating group) is 1. The highest BCUT2D eigenvalue weighted by atomic mass is 79.9. The minimum Gasteiger partial charge on any atom is -0.335 e. The molecule has 7 heteroatoms. The van der Waals surface area contributed by atoms with Crippen LogP contribution in [0.2, 0.25) is 0 Å². The monoisotopic (exact) mass is 397 g/mol. The molecule has 0 amide bonds. The Morgan fingerprint density at radius 3 is 2.44 bits per heavy atom. The molecule has 0 radical (unpaired) electrons. The van der Waals surface area contributed by atoms with Crippen LogP contribution in [0, 0.1) is 0 Å². The summed E-state index contributed by atoms with van der Waals surface area (Å²) in [7, 11) is -1.31. The summed E-state index contributed by atoms with van der Waals surface area (Å²) in [5, 5.41) is 0. The summed E-state index contributed by atoms with van der Waals surface area (Å²) in [6.07, 6.45) is 0. The van der Waals surface area contributed by atoms with Gasteiger partial charge in [-0.3, -0.25) is 0 Å². The summed E-state index contributed by atoms with van der Waals surface area (Å²) in [5.41, 5.74) is 0. The number of hydrogen-bond donors (Lipinski definition) is 1. The van der Waals surface area contributed by atoms with Crippen molar-refractivity contribution in [2.45, 2.75) is 4.90 Å². The van der Waals surface area contributed by atoms with Gasteiger partial charge in [-0.05, 0) is 34.1 Å². The Balaban J connectivity index is 2.33. The molecule has 1 heterocycles. The fourth-order valence-corrected chi connectivity index (χ4v) is 4.83. The van der Waals surface area contributed by atoms with Crippen LogP contribution < -0.4 is 4.90 Å². The van der Waals surface area contributed by atoms with E-state index in [2.05, 4.69) is 38.9 Å². The van der Waals surface area contributed by atoms with E-state index in [1.807, 2.05) is 6.07 Å². The van der Waals surface area contributed by atoms with E-state index in [9.17, 15) is 8.42 Å². The summed E-state index contributed by atoms with van der Waals surface area (Å²) >= 11 is 6.63. The summed E-state index contributed by atoms with van der Waals surface area (Å²) in [6, 6.07) is 5.21. The van der Waals surface area contributed by atoms with E-state index < -0.39 is 10.0 Å². The standard InChI is InChI=1S/C11H14Br2N2O2S/c1-14-4-6-15(7-5-14)18(16,17)11-8-9(12)2-3-10(11)13/h2-3,8H,4-7H2,1H3/p+1. The molecule has 1 aromatic carbocycles. The van der Waals surface area contributed by atoms with Crippen molar-refractivity contribution in [2.24, 2.45) is 0 Å². The first-order valence-electron chi connectivity index (χ1n) is 5.68. The van der Waals surface area contributed by atoms with E-state index in [1.54, 1.807) is 16.4 Å². The second-order valence-corrected chi connectivity index (χ2v) is 8.11. The Labute approximate surface area is 124 Å². The van der Waals surface area contributed by atoms with Gasteiger partial charge in [-0.2, -0.15) is 4.31 Å². The first-order chi connectivity index (χ1) is 8.41. The van der Waals surface area contributed by atoms with Gasteiger partial charge in [0.2, 0.25) is 10.0 Å². The minimum atomic E-state index is -3.40. The molecule has 1 aromatic rings. The van der Waals surface area contributed by atoms with Gasteiger partial charge in [-0.25, -0.2) is 8.42 Å². The Morgan fingerprint density at radius 1 is 1.22 bits per heavy atom. The highest BCUT2D eigenvalue weighted by Crippen LogP contribution is 2.28. The van der Waals surface area contributed by atoms with Crippen molar-refractivity contribution in [2.75, 3.05) is 33.2 Å². The lowest BCUT2D eigenvalue weighted by Gasteiger charge is -2.29. The third kappa shape index (κ3) is 2.96. The number of rotatable bonds is 2. The van der Waals surface area contributed by atoms with E-state index in [0.717, 1.165) is 17.6 Å². The summed E-state index contributed by atoms with van der Waals surface area (Å²) in [4.78, 5) is 1.70. The molecule has 0 atom stereocenters. The molecule has 1 saturated heterocycles. The molecular weight excluding hydrogens is 384 g/mol. The van der Waals surface area contributed by atoms with Crippen LogP contribution in [0.15, 0.2) is 32.0 Å². The van der Waals surface area contributed by atoms with Gasteiger partial charge in [0.15, 0.2) is 0 Å². The topological polar surface area (TPSA) is 41.8 Å². The van der Waals surface area contributed by atoms with Crippen molar-refractivity contribution in [3.63, 3.8) is 0 Å². The summed E-state index contributed by atoms with van der Waals surface area (Å²) in [5.74, 6) is 0. The molecule has 1 aliphatic rings. The zero-order chi connectivity index (χ0) is 13.3. The average Bonchev–Trinajstić information content (AvgIpc) is 2.32. The molecule has 2 rings (SSSR count). The minimum absolute atomic E-state index is 0.330. The Bertz CT molecular complexity index is 540. The van der Waals surface area contributed by atoms with Crippen LogP contribution in [-0.2, 0) is 10.0 Å². The largest absolute Gasteiger partial charge is 0.335 e. The molecule has 0 aliphatic carbocycles. The average molecular weight is 399 g/mol. The van der Waals surface area contributed by atoms with Gasteiger partial charge in [0.25, 0.3) is 0 Å². The van der Waals surface area contributed by atoms with Gasteiger partial charge in [0, 0.05) is 8.95 Å². The van der Waals surface area contributed by atoms with Crippen LogP contribution in [0.25, 0.3) is 0 Å². The third-order valence-electron chi connectivity index (χ3n) is 3.09. The van der Waals surface area contributed by atoms with Gasteiger partial charge >= 0.3 is 0 Å². The normalized spacial score (nSPS) is 19.1. The second kappa shape index (κ2) is 5.58. The van der Waals surface area contributed by atoms with Crippen molar-refractivity contribution in [3.8, 4) is 0 Å². The Hall–Kier alpha value is 0.0500. The fraction of sp³-hybridized carbons (Fsp3) is 0.455. The zero-order valence-electron chi connectivity index (χ0n) is 9.99. The van der Waals surface area contributed by atoms with Gasteiger partial charge in [-0.1, -0.05) is 15.9 Å². The van der Waals surface area contributed by atoms with Crippen LogP contribution in [0.4, 0.5) is 0 Å². The van der Waals surface area contributed by atoms with E-state index in [-0.39, 0.29) is 0 Å². The van der Waals surface area contributed by atoms with E-state index in [1.165, 1.54) is 4.90 Å². The maximum Gasteiger partial charge on any atom is 0.244 e. The predicted molar refractivity (Wildman–Crippen MR) is 77.2 cm³/mol. The number of piperazine rings is 1. The first kappa shape index (κ1) is 14.5. The molecule has 1 fully saturated rings. The maximum absolute atomic E-state index is 12.5. The van der Waals surface area contributed by atoms with E-state index in [0.29, 0.717) is 22.5 Å². The van der Waals surface area contributed by atoms with Crippen LogP contribution in [0.1, 0.15) is 0 Å². The highest BCUT2D eigenvalue weighted by Gasteiger charge is 2.30. The number of nitrogens with one attached hydrogen (secondary N) is 1. The number of hydrogen-bond acceptors (Lipinski definition) is 2. The summed E-state index contributed by atoms with van der Waals surface area (Å²) < 4.78 is 28.0. The summed E-state index contributed by atoms with van der Waals surface area (Å²) in [6.45, 7) is 2.86.